The summed E-state index contributed by atoms with van der Waals surface area (Å²) in [6.45, 7) is 4.16. The number of aryl methyl sites for hydroxylation is 2. The predicted octanol–water partition coefficient (Wildman–Crippen LogP) is 4.16. The molecule has 2 nitrogen and oxygen atoms in total. The summed E-state index contributed by atoms with van der Waals surface area (Å²) in [5.74, 6) is 0. The summed E-state index contributed by atoms with van der Waals surface area (Å²) in [7, 11) is 0. The van der Waals surface area contributed by atoms with E-state index in [0.717, 1.165) is 21.8 Å². The zero-order valence-electron chi connectivity index (χ0n) is 10.4. The van der Waals surface area contributed by atoms with Crippen LogP contribution in [0.1, 0.15) is 11.1 Å². The van der Waals surface area contributed by atoms with Crippen molar-refractivity contribution in [3.05, 3.63) is 47.5 Å². The fraction of sp³-hybridized carbons (Fsp3) is 0.133. The maximum Gasteiger partial charge on any atom is 0.126 e. The van der Waals surface area contributed by atoms with Gasteiger partial charge in [-0.1, -0.05) is 24.3 Å². The summed E-state index contributed by atoms with van der Waals surface area (Å²) < 4.78 is 1.22. The number of benzene rings is 2. The highest BCUT2D eigenvalue weighted by molar-refractivity contribution is 7.21. The molecule has 0 fully saturated rings. The van der Waals surface area contributed by atoms with Crippen molar-refractivity contribution in [3.63, 3.8) is 0 Å². The van der Waals surface area contributed by atoms with Crippen LogP contribution in [-0.4, -0.2) is 4.98 Å². The lowest BCUT2D eigenvalue weighted by Crippen LogP contribution is -1.92. The van der Waals surface area contributed by atoms with Crippen LogP contribution in [0.2, 0.25) is 0 Å². The standard InChI is InChI=1S/C15H14N2S/c1-9-5-3-7-11(16)13(9)15-17-14-10(2)6-4-8-12(14)18-15/h3-8H,16H2,1-2H3. The zero-order valence-corrected chi connectivity index (χ0v) is 11.2. The van der Waals surface area contributed by atoms with E-state index in [-0.39, 0.29) is 0 Å². The Morgan fingerprint density at radius 1 is 1.00 bits per heavy atom. The van der Waals surface area contributed by atoms with E-state index in [1.54, 1.807) is 11.3 Å². The van der Waals surface area contributed by atoms with Gasteiger partial charge in [0.2, 0.25) is 0 Å². The van der Waals surface area contributed by atoms with Gasteiger partial charge in [-0.25, -0.2) is 4.98 Å². The molecule has 1 heterocycles. The Hall–Kier alpha value is -1.87. The Kier molecular flexibility index (Phi) is 2.56. The van der Waals surface area contributed by atoms with Crippen molar-refractivity contribution in [2.45, 2.75) is 13.8 Å². The maximum absolute atomic E-state index is 6.08. The van der Waals surface area contributed by atoms with E-state index in [1.165, 1.54) is 15.8 Å². The average Bonchev–Trinajstić information content (AvgIpc) is 2.74. The predicted molar refractivity (Wildman–Crippen MR) is 78.9 cm³/mol. The van der Waals surface area contributed by atoms with E-state index in [9.17, 15) is 0 Å². The second-order valence-electron chi connectivity index (χ2n) is 4.48. The zero-order chi connectivity index (χ0) is 12.7. The summed E-state index contributed by atoms with van der Waals surface area (Å²) in [5.41, 5.74) is 11.4. The fourth-order valence-electron chi connectivity index (χ4n) is 2.18. The van der Waals surface area contributed by atoms with E-state index in [4.69, 9.17) is 10.7 Å². The van der Waals surface area contributed by atoms with Crippen molar-refractivity contribution in [3.8, 4) is 10.6 Å². The van der Waals surface area contributed by atoms with Gasteiger partial charge in [0.15, 0.2) is 0 Å². The first-order chi connectivity index (χ1) is 8.66. The molecule has 1 aromatic heterocycles. The SMILES string of the molecule is Cc1cccc(N)c1-c1nc2c(C)cccc2s1. The van der Waals surface area contributed by atoms with Crippen molar-refractivity contribution in [2.75, 3.05) is 5.73 Å². The molecule has 0 spiro atoms. The van der Waals surface area contributed by atoms with Gasteiger partial charge in [0.1, 0.15) is 5.01 Å². The van der Waals surface area contributed by atoms with Gasteiger partial charge >= 0.3 is 0 Å². The number of nitrogens with two attached hydrogens (primary N) is 1. The number of rotatable bonds is 1. The molecule has 3 aromatic rings. The van der Waals surface area contributed by atoms with Crippen molar-refractivity contribution < 1.29 is 0 Å². The number of fused-ring (bicyclic) bond motifs is 1. The fourth-order valence-corrected chi connectivity index (χ4v) is 3.35. The first-order valence-corrected chi connectivity index (χ1v) is 6.70. The van der Waals surface area contributed by atoms with Crippen molar-refractivity contribution in [1.29, 1.82) is 0 Å². The van der Waals surface area contributed by atoms with Crippen molar-refractivity contribution >= 4 is 27.2 Å². The second-order valence-corrected chi connectivity index (χ2v) is 5.51. The lowest BCUT2D eigenvalue weighted by atomic mass is 10.1. The lowest BCUT2D eigenvalue weighted by molar-refractivity contribution is 1.39. The number of anilines is 1. The molecule has 2 aromatic carbocycles. The van der Waals surface area contributed by atoms with Crippen molar-refractivity contribution in [2.24, 2.45) is 0 Å². The normalized spacial score (nSPS) is 11.0. The van der Waals surface area contributed by atoms with E-state index in [1.807, 2.05) is 12.1 Å². The van der Waals surface area contributed by atoms with E-state index < -0.39 is 0 Å². The lowest BCUT2D eigenvalue weighted by Gasteiger charge is -2.05. The van der Waals surface area contributed by atoms with Gasteiger partial charge in [-0.2, -0.15) is 0 Å². The molecule has 0 atom stereocenters. The van der Waals surface area contributed by atoms with Gasteiger partial charge in [-0.3, -0.25) is 0 Å². The van der Waals surface area contributed by atoms with Crippen LogP contribution in [0.5, 0.6) is 0 Å². The monoisotopic (exact) mass is 254 g/mol. The molecule has 0 unspecified atom stereocenters. The molecule has 0 aliphatic rings. The molecule has 3 rings (SSSR count). The Labute approximate surface area is 110 Å². The number of thiazole rings is 1. The van der Waals surface area contributed by atoms with E-state index in [0.29, 0.717) is 0 Å². The first kappa shape index (κ1) is 11.2. The highest BCUT2D eigenvalue weighted by Gasteiger charge is 2.12. The van der Waals surface area contributed by atoms with Crippen LogP contribution in [0.3, 0.4) is 0 Å². The minimum atomic E-state index is 0.798. The summed E-state index contributed by atoms with van der Waals surface area (Å²) in [4.78, 5) is 4.74. The van der Waals surface area contributed by atoms with Crippen LogP contribution < -0.4 is 5.73 Å². The third kappa shape index (κ3) is 1.68. The van der Waals surface area contributed by atoms with Crippen molar-refractivity contribution in [1.82, 2.24) is 4.98 Å². The number of nitrogens with zero attached hydrogens (tertiary/aromatic N) is 1. The number of aromatic nitrogens is 1. The Balaban J connectivity index is 2.30. The average molecular weight is 254 g/mol. The summed E-state index contributed by atoms with van der Waals surface area (Å²) in [6.07, 6.45) is 0. The molecule has 0 amide bonds. The van der Waals surface area contributed by atoms with Gasteiger partial charge in [0, 0.05) is 11.3 Å². The molecule has 0 saturated heterocycles. The highest BCUT2D eigenvalue weighted by Crippen LogP contribution is 2.36. The minimum absolute atomic E-state index is 0.798. The molecule has 0 aliphatic heterocycles. The molecule has 0 saturated carbocycles. The molecule has 0 bridgehead atoms. The van der Waals surface area contributed by atoms with E-state index >= 15 is 0 Å². The smallest absolute Gasteiger partial charge is 0.126 e. The first-order valence-electron chi connectivity index (χ1n) is 5.88. The molecule has 3 heteroatoms. The van der Waals surface area contributed by atoms with Gasteiger partial charge in [-0.05, 0) is 37.1 Å². The molecule has 0 aliphatic carbocycles. The molecule has 90 valence electrons. The van der Waals surface area contributed by atoms with Crippen LogP contribution in [0.15, 0.2) is 36.4 Å². The number of hydrogen-bond donors (Lipinski definition) is 1. The van der Waals surface area contributed by atoms with E-state index in [2.05, 4.69) is 38.1 Å². The second kappa shape index (κ2) is 4.10. The largest absolute Gasteiger partial charge is 0.398 e. The summed E-state index contributed by atoms with van der Waals surface area (Å²) >= 11 is 1.70. The molecule has 2 N–H and O–H groups in total. The number of hydrogen-bond acceptors (Lipinski definition) is 3. The topological polar surface area (TPSA) is 38.9 Å². The van der Waals surface area contributed by atoms with Crippen LogP contribution in [0.4, 0.5) is 5.69 Å². The van der Waals surface area contributed by atoms with Crippen LogP contribution in [-0.2, 0) is 0 Å². The molecule has 18 heavy (non-hydrogen) atoms. The Morgan fingerprint density at radius 2 is 1.72 bits per heavy atom. The highest BCUT2D eigenvalue weighted by atomic mass is 32.1. The summed E-state index contributed by atoms with van der Waals surface area (Å²) in [5, 5.41) is 1.01. The van der Waals surface area contributed by atoms with Gasteiger partial charge in [-0.15, -0.1) is 11.3 Å². The van der Waals surface area contributed by atoms with Gasteiger partial charge in [0.25, 0.3) is 0 Å². The number of para-hydroxylation sites is 1. The van der Waals surface area contributed by atoms with Crippen LogP contribution >= 0.6 is 11.3 Å². The van der Waals surface area contributed by atoms with Gasteiger partial charge < -0.3 is 5.73 Å². The third-order valence-corrected chi connectivity index (χ3v) is 4.18. The maximum atomic E-state index is 6.08. The molecule has 0 radical (unpaired) electrons. The Morgan fingerprint density at radius 3 is 2.44 bits per heavy atom. The molecular weight excluding hydrogens is 240 g/mol. The Bertz CT molecular complexity index is 708. The van der Waals surface area contributed by atoms with Crippen LogP contribution in [0.25, 0.3) is 20.8 Å². The third-order valence-electron chi connectivity index (χ3n) is 3.14. The number of nitrogen functional groups attached to an aromatic ring is 1. The van der Waals surface area contributed by atoms with Gasteiger partial charge in [0.05, 0.1) is 10.2 Å². The minimum Gasteiger partial charge on any atom is -0.398 e. The summed E-state index contributed by atoms with van der Waals surface area (Å²) in [6, 6.07) is 12.3. The van der Waals surface area contributed by atoms with Crippen LogP contribution in [0, 0.1) is 13.8 Å². The molecular formula is C15H14N2S. The quantitative estimate of drug-likeness (QED) is 0.662.